The molecule has 1 N–H and O–H groups in total. The van der Waals surface area contributed by atoms with Crippen molar-refractivity contribution in [2.75, 3.05) is 0 Å². The topological polar surface area (TPSA) is 20.2 Å². The molecule has 13 heavy (non-hydrogen) atoms. The van der Waals surface area contributed by atoms with Gasteiger partial charge in [-0.25, -0.2) is 0 Å². The first kappa shape index (κ1) is 10.6. The molecule has 0 amide bonds. The van der Waals surface area contributed by atoms with Crippen LogP contribution in [0.15, 0.2) is 23.1 Å². The molecule has 0 aliphatic carbocycles. The lowest BCUT2D eigenvalue weighted by molar-refractivity contribution is 0.179. The highest BCUT2D eigenvalue weighted by Gasteiger charge is 2.15. The smallest absolute Gasteiger partial charge is 0.109 e. The van der Waals surface area contributed by atoms with Crippen LogP contribution in [0.3, 0.4) is 0 Å². The summed E-state index contributed by atoms with van der Waals surface area (Å²) in [5, 5.41) is 9.65. The van der Waals surface area contributed by atoms with Gasteiger partial charge in [-0.3, -0.25) is 0 Å². The first-order valence-electron chi connectivity index (χ1n) is 4.37. The molecule has 1 rings (SSSR count). The van der Waals surface area contributed by atoms with E-state index in [1.807, 2.05) is 0 Å². The van der Waals surface area contributed by atoms with E-state index >= 15 is 0 Å². The summed E-state index contributed by atoms with van der Waals surface area (Å²) in [5.41, 5.74) is 2.45. The lowest BCUT2D eigenvalue weighted by Crippen LogP contribution is -2.12. The SMILES string of the molecule is Cc1ccc(C)c(SC(C)(C)O)c1. The van der Waals surface area contributed by atoms with Crippen LogP contribution in [-0.4, -0.2) is 10.0 Å². The van der Waals surface area contributed by atoms with Gasteiger partial charge in [-0.2, -0.15) is 0 Å². The average molecular weight is 196 g/mol. The second kappa shape index (κ2) is 3.72. The molecule has 0 aromatic heterocycles. The third-order valence-corrected chi connectivity index (χ3v) is 2.86. The number of rotatable bonds is 2. The van der Waals surface area contributed by atoms with Gasteiger partial charge in [0.15, 0.2) is 0 Å². The predicted molar refractivity (Wildman–Crippen MR) is 58.1 cm³/mol. The van der Waals surface area contributed by atoms with Gasteiger partial charge in [-0.1, -0.05) is 23.9 Å². The maximum absolute atomic E-state index is 9.65. The zero-order chi connectivity index (χ0) is 10.1. The number of hydrogen-bond donors (Lipinski definition) is 1. The summed E-state index contributed by atoms with van der Waals surface area (Å²) in [4.78, 5) is 0.464. The molecule has 1 nitrogen and oxygen atoms in total. The van der Waals surface area contributed by atoms with E-state index < -0.39 is 4.93 Å². The Hall–Kier alpha value is -0.470. The number of hydrogen-bond acceptors (Lipinski definition) is 2. The third-order valence-electron chi connectivity index (χ3n) is 1.70. The van der Waals surface area contributed by atoms with Crippen molar-refractivity contribution in [3.63, 3.8) is 0 Å². The highest BCUT2D eigenvalue weighted by atomic mass is 32.2. The molecule has 0 radical (unpaired) electrons. The van der Waals surface area contributed by atoms with E-state index in [0.29, 0.717) is 0 Å². The van der Waals surface area contributed by atoms with Crippen molar-refractivity contribution < 1.29 is 5.11 Å². The lowest BCUT2D eigenvalue weighted by atomic mass is 10.2. The summed E-state index contributed by atoms with van der Waals surface area (Å²) in [6.45, 7) is 7.74. The Morgan fingerprint density at radius 1 is 1.23 bits per heavy atom. The van der Waals surface area contributed by atoms with Gasteiger partial charge < -0.3 is 5.11 Å². The van der Waals surface area contributed by atoms with E-state index in [2.05, 4.69) is 32.0 Å². The van der Waals surface area contributed by atoms with Crippen molar-refractivity contribution in [1.29, 1.82) is 0 Å². The normalized spacial score (nSPS) is 11.8. The molecule has 0 heterocycles. The van der Waals surface area contributed by atoms with E-state index in [4.69, 9.17) is 0 Å². The molecule has 0 fully saturated rings. The van der Waals surface area contributed by atoms with E-state index in [1.165, 1.54) is 22.9 Å². The summed E-state index contributed by atoms with van der Waals surface area (Å²) in [5.74, 6) is 0. The Kier molecular flexibility index (Phi) is 3.04. The summed E-state index contributed by atoms with van der Waals surface area (Å²) in [6, 6.07) is 6.28. The standard InChI is InChI=1S/C11H16OS/c1-8-5-6-9(2)10(7-8)13-11(3,4)12/h5-7,12H,1-4H3. The fourth-order valence-corrected chi connectivity index (χ4v) is 2.10. The fraction of sp³-hybridized carbons (Fsp3) is 0.455. The van der Waals surface area contributed by atoms with Crippen LogP contribution in [0, 0.1) is 13.8 Å². The Morgan fingerprint density at radius 2 is 1.85 bits per heavy atom. The zero-order valence-corrected chi connectivity index (χ0v) is 9.40. The summed E-state index contributed by atoms with van der Waals surface area (Å²) in [6.07, 6.45) is 0. The molecule has 1 aromatic rings. The molecule has 2 heteroatoms. The van der Waals surface area contributed by atoms with E-state index in [1.54, 1.807) is 13.8 Å². The van der Waals surface area contributed by atoms with Crippen LogP contribution in [0.2, 0.25) is 0 Å². The Balaban J connectivity index is 2.94. The van der Waals surface area contributed by atoms with Crippen LogP contribution in [-0.2, 0) is 0 Å². The van der Waals surface area contributed by atoms with E-state index in [9.17, 15) is 5.11 Å². The minimum atomic E-state index is -0.696. The second-order valence-corrected chi connectivity index (χ2v) is 5.46. The Bertz CT molecular complexity index is 299. The molecule has 0 aliphatic rings. The van der Waals surface area contributed by atoms with Crippen LogP contribution >= 0.6 is 11.8 Å². The maximum atomic E-state index is 9.65. The predicted octanol–water partition coefficient (Wildman–Crippen LogP) is 3.12. The molecule has 0 spiro atoms. The summed E-state index contributed by atoms with van der Waals surface area (Å²) >= 11 is 1.50. The molecule has 72 valence electrons. The van der Waals surface area contributed by atoms with Crippen molar-refractivity contribution in [2.45, 2.75) is 37.5 Å². The molecular formula is C11H16OS. The van der Waals surface area contributed by atoms with Gasteiger partial charge in [0.1, 0.15) is 4.93 Å². The second-order valence-electron chi connectivity index (χ2n) is 3.82. The lowest BCUT2D eigenvalue weighted by Gasteiger charge is -2.18. The quantitative estimate of drug-likeness (QED) is 0.579. The minimum absolute atomic E-state index is 0.696. The number of aliphatic hydroxyl groups is 1. The molecular weight excluding hydrogens is 180 g/mol. The summed E-state index contributed by atoms with van der Waals surface area (Å²) in [7, 11) is 0. The Morgan fingerprint density at radius 3 is 2.38 bits per heavy atom. The van der Waals surface area contributed by atoms with Gasteiger partial charge in [0, 0.05) is 4.90 Å². The summed E-state index contributed by atoms with van der Waals surface area (Å²) < 4.78 is 0. The maximum Gasteiger partial charge on any atom is 0.109 e. The van der Waals surface area contributed by atoms with Gasteiger partial charge in [-0.05, 0) is 44.9 Å². The zero-order valence-electron chi connectivity index (χ0n) is 8.59. The van der Waals surface area contributed by atoms with Crippen LogP contribution in [0.1, 0.15) is 25.0 Å². The molecule has 0 saturated heterocycles. The largest absolute Gasteiger partial charge is 0.380 e. The molecule has 0 saturated carbocycles. The van der Waals surface area contributed by atoms with Gasteiger partial charge in [0.05, 0.1) is 0 Å². The number of aryl methyl sites for hydroxylation is 2. The van der Waals surface area contributed by atoms with Crippen molar-refractivity contribution in [3.05, 3.63) is 29.3 Å². The molecule has 0 bridgehead atoms. The van der Waals surface area contributed by atoms with Crippen LogP contribution in [0.4, 0.5) is 0 Å². The molecule has 0 aliphatic heterocycles. The van der Waals surface area contributed by atoms with Crippen molar-refractivity contribution in [2.24, 2.45) is 0 Å². The highest BCUT2D eigenvalue weighted by molar-refractivity contribution is 8.00. The van der Waals surface area contributed by atoms with Crippen molar-refractivity contribution in [3.8, 4) is 0 Å². The molecule has 0 unspecified atom stereocenters. The first-order chi connectivity index (χ1) is 5.88. The van der Waals surface area contributed by atoms with Crippen LogP contribution in [0.5, 0.6) is 0 Å². The average Bonchev–Trinajstić information content (AvgIpc) is 1.94. The number of benzene rings is 1. The third kappa shape index (κ3) is 3.41. The minimum Gasteiger partial charge on any atom is -0.380 e. The van der Waals surface area contributed by atoms with Gasteiger partial charge in [0.2, 0.25) is 0 Å². The Labute approximate surface area is 84.2 Å². The van der Waals surface area contributed by atoms with Gasteiger partial charge in [-0.15, -0.1) is 0 Å². The molecule has 1 aromatic carbocycles. The van der Waals surface area contributed by atoms with Crippen LogP contribution < -0.4 is 0 Å². The van der Waals surface area contributed by atoms with Gasteiger partial charge >= 0.3 is 0 Å². The fourth-order valence-electron chi connectivity index (χ4n) is 1.09. The molecule has 0 atom stereocenters. The first-order valence-corrected chi connectivity index (χ1v) is 5.19. The van der Waals surface area contributed by atoms with Crippen LogP contribution in [0.25, 0.3) is 0 Å². The van der Waals surface area contributed by atoms with Crippen molar-refractivity contribution >= 4 is 11.8 Å². The van der Waals surface area contributed by atoms with E-state index in [-0.39, 0.29) is 0 Å². The monoisotopic (exact) mass is 196 g/mol. The van der Waals surface area contributed by atoms with Gasteiger partial charge in [0.25, 0.3) is 0 Å². The van der Waals surface area contributed by atoms with Crippen molar-refractivity contribution in [1.82, 2.24) is 0 Å². The highest BCUT2D eigenvalue weighted by Crippen LogP contribution is 2.32. The number of thioether (sulfide) groups is 1. The van der Waals surface area contributed by atoms with E-state index in [0.717, 1.165) is 4.90 Å².